The highest BCUT2D eigenvalue weighted by Crippen LogP contribution is 2.25. The Morgan fingerprint density at radius 3 is 2.43 bits per heavy atom. The van der Waals surface area contributed by atoms with Gasteiger partial charge in [-0.2, -0.15) is 0 Å². The highest BCUT2D eigenvalue weighted by atomic mass is 35.5. The first-order chi connectivity index (χ1) is 14.1. The fraction of sp³-hybridized carbons (Fsp3) is 0.400. The summed E-state index contributed by atoms with van der Waals surface area (Å²) in [7, 11) is -0.962. The van der Waals surface area contributed by atoms with Gasteiger partial charge >= 0.3 is 0 Å². The van der Waals surface area contributed by atoms with Crippen LogP contribution in [-0.4, -0.2) is 63.0 Å². The molecule has 2 aromatic rings. The number of amides is 1. The summed E-state index contributed by atoms with van der Waals surface area (Å²) in [5.74, 6) is 0.353. The molecule has 0 saturated carbocycles. The van der Waals surface area contributed by atoms with Crippen molar-refractivity contribution in [3.8, 4) is 0 Å². The number of carbonyl (C=O) groups is 1. The maximum absolute atomic E-state index is 12.6. The second-order valence-electron chi connectivity index (χ2n) is 7.45. The maximum atomic E-state index is 12.6. The van der Waals surface area contributed by atoms with Crippen molar-refractivity contribution in [3.05, 3.63) is 47.1 Å². The van der Waals surface area contributed by atoms with Crippen LogP contribution in [0.4, 0.5) is 11.5 Å². The Labute approximate surface area is 181 Å². The van der Waals surface area contributed by atoms with Crippen LogP contribution >= 0.6 is 11.6 Å². The fourth-order valence-corrected chi connectivity index (χ4v) is 4.65. The van der Waals surface area contributed by atoms with Crippen molar-refractivity contribution < 1.29 is 17.9 Å². The van der Waals surface area contributed by atoms with E-state index in [-0.39, 0.29) is 27.7 Å². The Morgan fingerprint density at radius 1 is 1.20 bits per heavy atom. The highest BCUT2D eigenvalue weighted by molar-refractivity contribution is 7.89. The second kappa shape index (κ2) is 8.89. The molecule has 1 aromatic heterocycles. The van der Waals surface area contributed by atoms with Gasteiger partial charge in [0.2, 0.25) is 10.0 Å². The zero-order chi connectivity index (χ0) is 22.1. The van der Waals surface area contributed by atoms with Gasteiger partial charge < -0.3 is 15.0 Å². The summed E-state index contributed by atoms with van der Waals surface area (Å²) in [6, 6.07) is 7.74. The molecule has 1 aliphatic heterocycles. The molecule has 1 fully saturated rings. The van der Waals surface area contributed by atoms with Crippen LogP contribution in [0.25, 0.3) is 0 Å². The number of benzene rings is 1. The number of hydrogen-bond donors (Lipinski definition) is 1. The van der Waals surface area contributed by atoms with Gasteiger partial charge in [0.15, 0.2) is 0 Å². The minimum absolute atomic E-state index is 0.0558. The number of nitrogens with one attached hydrogen (secondary N) is 1. The molecule has 0 spiro atoms. The molecule has 10 heteroatoms. The van der Waals surface area contributed by atoms with E-state index in [9.17, 15) is 13.2 Å². The van der Waals surface area contributed by atoms with Crippen molar-refractivity contribution >= 4 is 39.0 Å². The standard InChI is InChI=1S/C20H25ClN4O4S/c1-13-11-25(12-14(2)29-13)19-8-6-16(10-22-19)23-20(26)15-5-7-17(21)18(9-15)30(27,28)24(3)4/h5-10,13-14H,11-12H2,1-4H3,(H,23,26). The minimum Gasteiger partial charge on any atom is -0.372 e. The fourth-order valence-electron chi connectivity index (χ4n) is 3.25. The van der Waals surface area contributed by atoms with Gasteiger partial charge in [-0.3, -0.25) is 4.79 Å². The normalized spacial score (nSPS) is 19.7. The van der Waals surface area contributed by atoms with Crippen LogP contribution < -0.4 is 10.2 Å². The summed E-state index contributed by atoms with van der Waals surface area (Å²) in [5.41, 5.74) is 0.685. The average Bonchev–Trinajstić information content (AvgIpc) is 2.67. The topological polar surface area (TPSA) is 91.8 Å². The first kappa shape index (κ1) is 22.5. The maximum Gasteiger partial charge on any atom is 0.255 e. The predicted molar refractivity (Wildman–Crippen MR) is 117 cm³/mol. The third kappa shape index (κ3) is 4.92. The van der Waals surface area contributed by atoms with E-state index >= 15 is 0 Å². The summed E-state index contributed by atoms with van der Waals surface area (Å²) < 4.78 is 31.6. The van der Waals surface area contributed by atoms with Crippen LogP contribution in [0, 0.1) is 0 Å². The lowest BCUT2D eigenvalue weighted by Gasteiger charge is -2.36. The SMILES string of the molecule is CC1CN(c2ccc(NC(=O)c3ccc(Cl)c(S(=O)(=O)N(C)C)c3)cn2)CC(C)O1. The molecule has 162 valence electrons. The predicted octanol–water partition coefficient (Wildman–Crippen LogP) is 2.85. The molecule has 2 heterocycles. The Hall–Kier alpha value is -2.20. The van der Waals surface area contributed by atoms with Crippen molar-refractivity contribution in [3.63, 3.8) is 0 Å². The number of ether oxygens (including phenoxy) is 1. The molecule has 2 unspecified atom stereocenters. The van der Waals surface area contributed by atoms with E-state index in [0.717, 1.165) is 23.2 Å². The zero-order valence-corrected chi connectivity index (χ0v) is 18.9. The average molecular weight is 453 g/mol. The minimum atomic E-state index is -3.77. The van der Waals surface area contributed by atoms with Gasteiger partial charge in [-0.25, -0.2) is 17.7 Å². The Kier molecular flexibility index (Phi) is 6.66. The third-order valence-corrected chi connectivity index (χ3v) is 7.00. The van der Waals surface area contributed by atoms with E-state index in [2.05, 4.69) is 15.2 Å². The Morgan fingerprint density at radius 2 is 1.87 bits per heavy atom. The van der Waals surface area contributed by atoms with Gasteiger partial charge in [0.05, 0.1) is 29.1 Å². The number of nitrogens with zero attached hydrogens (tertiary/aromatic N) is 3. The smallest absolute Gasteiger partial charge is 0.255 e. The van der Waals surface area contributed by atoms with Gasteiger partial charge in [0.25, 0.3) is 5.91 Å². The molecule has 30 heavy (non-hydrogen) atoms. The first-order valence-corrected chi connectivity index (χ1v) is 11.3. The molecule has 1 amide bonds. The lowest BCUT2D eigenvalue weighted by atomic mass is 10.2. The monoisotopic (exact) mass is 452 g/mol. The molecule has 1 saturated heterocycles. The van der Waals surface area contributed by atoms with Crippen molar-refractivity contribution in [2.75, 3.05) is 37.4 Å². The molecule has 1 aliphatic rings. The molecule has 1 aromatic carbocycles. The molecule has 3 rings (SSSR count). The summed E-state index contributed by atoms with van der Waals surface area (Å²) in [4.78, 5) is 19.1. The number of pyridine rings is 1. The molecular weight excluding hydrogens is 428 g/mol. The highest BCUT2D eigenvalue weighted by Gasteiger charge is 2.24. The molecular formula is C20H25ClN4O4S. The van der Waals surface area contributed by atoms with Gasteiger partial charge in [0, 0.05) is 32.7 Å². The molecule has 0 radical (unpaired) electrons. The molecule has 8 nitrogen and oxygen atoms in total. The van der Waals surface area contributed by atoms with Crippen molar-refractivity contribution in [2.45, 2.75) is 31.0 Å². The number of carbonyl (C=O) groups excluding carboxylic acids is 1. The van der Waals surface area contributed by atoms with E-state index in [4.69, 9.17) is 16.3 Å². The van der Waals surface area contributed by atoms with Gasteiger partial charge in [-0.15, -0.1) is 0 Å². The van der Waals surface area contributed by atoms with Crippen LogP contribution in [-0.2, 0) is 14.8 Å². The van der Waals surface area contributed by atoms with E-state index < -0.39 is 15.9 Å². The summed E-state index contributed by atoms with van der Waals surface area (Å²) in [6.07, 6.45) is 1.81. The van der Waals surface area contributed by atoms with E-state index in [1.807, 2.05) is 19.9 Å². The Balaban J connectivity index is 1.75. The number of aromatic nitrogens is 1. The third-order valence-electron chi connectivity index (χ3n) is 4.70. The quantitative estimate of drug-likeness (QED) is 0.750. The molecule has 0 bridgehead atoms. The first-order valence-electron chi connectivity index (χ1n) is 9.48. The number of sulfonamides is 1. The molecule has 1 N–H and O–H groups in total. The number of morpholine rings is 1. The van der Waals surface area contributed by atoms with Gasteiger partial charge in [-0.05, 0) is 44.2 Å². The lowest BCUT2D eigenvalue weighted by molar-refractivity contribution is -0.00545. The lowest BCUT2D eigenvalue weighted by Crippen LogP contribution is -2.45. The van der Waals surface area contributed by atoms with Crippen molar-refractivity contribution in [2.24, 2.45) is 0 Å². The second-order valence-corrected chi connectivity index (χ2v) is 9.98. The number of rotatable bonds is 5. The summed E-state index contributed by atoms with van der Waals surface area (Å²) in [6.45, 7) is 5.54. The largest absolute Gasteiger partial charge is 0.372 e. The summed E-state index contributed by atoms with van der Waals surface area (Å²) >= 11 is 6.04. The number of halogens is 1. The summed E-state index contributed by atoms with van der Waals surface area (Å²) in [5, 5.41) is 2.79. The van der Waals surface area contributed by atoms with Crippen molar-refractivity contribution in [1.29, 1.82) is 0 Å². The van der Waals surface area contributed by atoms with Crippen LogP contribution in [0.5, 0.6) is 0 Å². The number of anilines is 2. The van der Waals surface area contributed by atoms with E-state index in [1.165, 1.54) is 32.3 Å². The molecule has 0 aliphatic carbocycles. The van der Waals surface area contributed by atoms with Crippen LogP contribution in [0.15, 0.2) is 41.4 Å². The number of hydrogen-bond acceptors (Lipinski definition) is 6. The van der Waals surface area contributed by atoms with Gasteiger partial charge in [-0.1, -0.05) is 11.6 Å². The zero-order valence-electron chi connectivity index (χ0n) is 17.3. The van der Waals surface area contributed by atoms with Gasteiger partial charge in [0.1, 0.15) is 10.7 Å². The molecule has 2 atom stereocenters. The van der Waals surface area contributed by atoms with Crippen LogP contribution in [0.2, 0.25) is 5.02 Å². The Bertz CT molecular complexity index is 1020. The van der Waals surface area contributed by atoms with Crippen molar-refractivity contribution in [1.82, 2.24) is 9.29 Å². The van der Waals surface area contributed by atoms with Crippen LogP contribution in [0.1, 0.15) is 24.2 Å². The van der Waals surface area contributed by atoms with Crippen LogP contribution in [0.3, 0.4) is 0 Å². The van der Waals surface area contributed by atoms with E-state index in [1.54, 1.807) is 12.3 Å². The van der Waals surface area contributed by atoms with E-state index in [0.29, 0.717) is 5.69 Å².